The average molecular weight is 517 g/mol. The van der Waals surface area contributed by atoms with Crippen LogP contribution in [0.4, 0.5) is 5.69 Å². The van der Waals surface area contributed by atoms with Crippen LogP contribution in [0.25, 0.3) is 5.65 Å². The van der Waals surface area contributed by atoms with Gasteiger partial charge in [-0.2, -0.15) is 5.10 Å². The summed E-state index contributed by atoms with van der Waals surface area (Å²) in [5.41, 5.74) is 2.42. The largest absolute Gasteiger partial charge is 0.504 e. The third-order valence-corrected chi connectivity index (χ3v) is 5.73. The zero-order chi connectivity index (χ0) is 26.6. The third-order valence-electron chi connectivity index (χ3n) is 5.73. The summed E-state index contributed by atoms with van der Waals surface area (Å²) in [6.07, 6.45) is 1.48. The van der Waals surface area contributed by atoms with E-state index >= 15 is 0 Å². The second kappa shape index (κ2) is 10.5. The number of carbonyl (C=O) groups is 3. The Morgan fingerprint density at radius 1 is 1.08 bits per heavy atom. The number of aromatic nitrogens is 3. The summed E-state index contributed by atoms with van der Waals surface area (Å²) >= 11 is 0. The molecule has 0 atom stereocenters. The van der Waals surface area contributed by atoms with Crippen LogP contribution < -0.4 is 25.4 Å². The van der Waals surface area contributed by atoms with E-state index in [1.54, 1.807) is 36.4 Å². The van der Waals surface area contributed by atoms with Gasteiger partial charge < -0.3 is 30.5 Å². The van der Waals surface area contributed by atoms with Crippen LogP contribution in [-0.2, 0) is 17.9 Å². The quantitative estimate of drug-likeness (QED) is 0.277. The standard InChI is InChI=1S/C26H24N6O6/c1-2-37-22-6-4-16(10-20(22)33)13-28-26(36)19-11-18(30-23-7-8-29-32(19)23)25(35)27-12-15-3-5-21-17(9-15)31-24(34)14-38-21/h3-11,33H,2,12-14H2,1H3,(H,27,35)(H,28,36)(H,31,34). The Hall–Kier alpha value is -5.13. The van der Waals surface area contributed by atoms with Gasteiger partial charge in [-0.1, -0.05) is 12.1 Å². The van der Waals surface area contributed by atoms with E-state index in [1.165, 1.54) is 22.8 Å². The van der Waals surface area contributed by atoms with Gasteiger partial charge in [0.1, 0.15) is 17.1 Å². The molecule has 5 rings (SSSR count). The smallest absolute Gasteiger partial charge is 0.270 e. The number of carbonyl (C=O) groups excluding carboxylic acids is 3. The van der Waals surface area contributed by atoms with Crippen LogP contribution in [0.1, 0.15) is 39.0 Å². The molecule has 0 spiro atoms. The Morgan fingerprint density at radius 3 is 2.63 bits per heavy atom. The minimum Gasteiger partial charge on any atom is -0.504 e. The third kappa shape index (κ3) is 5.19. The van der Waals surface area contributed by atoms with Crippen LogP contribution in [0.2, 0.25) is 0 Å². The van der Waals surface area contributed by atoms with Crippen LogP contribution in [0.15, 0.2) is 54.7 Å². The minimum atomic E-state index is -0.489. The fourth-order valence-corrected chi connectivity index (χ4v) is 3.93. The van der Waals surface area contributed by atoms with Gasteiger partial charge in [-0.25, -0.2) is 9.50 Å². The van der Waals surface area contributed by atoms with E-state index in [0.717, 1.165) is 5.56 Å². The zero-order valence-corrected chi connectivity index (χ0v) is 20.4. The lowest BCUT2D eigenvalue weighted by atomic mass is 10.1. The van der Waals surface area contributed by atoms with E-state index in [2.05, 4.69) is 26.0 Å². The number of ether oxygens (including phenoxy) is 2. The summed E-state index contributed by atoms with van der Waals surface area (Å²) < 4.78 is 12.0. The van der Waals surface area contributed by atoms with Crippen molar-refractivity contribution < 1.29 is 29.0 Å². The van der Waals surface area contributed by atoms with Crippen molar-refractivity contribution in [3.05, 3.63) is 77.2 Å². The maximum absolute atomic E-state index is 13.0. The minimum absolute atomic E-state index is 0.0234. The van der Waals surface area contributed by atoms with Crippen LogP contribution >= 0.6 is 0 Å². The molecule has 194 valence electrons. The van der Waals surface area contributed by atoms with E-state index in [4.69, 9.17) is 9.47 Å². The first-order chi connectivity index (χ1) is 18.4. The molecule has 3 amide bonds. The summed E-state index contributed by atoms with van der Waals surface area (Å²) in [5.74, 6) is -0.319. The molecule has 1 aliphatic heterocycles. The molecule has 0 saturated carbocycles. The zero-order valence-electron chi connectivity index (χ0n) is 20.4. The number of amides is 3. The number of hydrogen-bond acceptors (Lipinski definition) is 8. The SMILES string of the molecule is CCOc1ccc(CNC(=O)c2cc(C(=O)NCc3ccc4c(c3)NC(=O)CO4)nc3ccnn23)cc1O. The number of nitrogens with one attached hydrogen (secondary N) is 3. The maximum Gasteiger partial charge on any atom is 0.270 e. The fraction of sp³-hybridized carbons (Fsp3) is 0.192. The van der Waals surface area contributed by atoms with Crippen molar-refractivity contribution in [1.82, 2.24) is 25.2 Å². The maximum atomic E-state index is 13.0. The molecule has 0 saturated heterocycles. The first-order valence-electron chi connectivity index (χ1n) is 11.8. The Morgan fingerprint density at radius 2 is 1.84 bits per heavy atom. The highest BCUT2D eigenvalue weighted by atomic mass is 16.5. The Labute approximate surface area is 216 Å². The molecule has 1 aliphatic rings. The highest BCUT2D eigenvalue weighted by Gasteiger charge is 2.19. The summed E-state index contributed by atoms with van der Waals surface area (Å²) in [6, 6.07) is 13.0. The van der Waals surface area contributed by atoms with Crippen molar-refractivity contribution >= 4 is 29.1 Å². The first kappa shape index (κ1) is 24.6. The highest BCUT2D eigenvalue weighted by molar-refractivity contribution is 5.98. The number of benzene rings is 2. The Balaban J connectivity index is 1.29. The predicted molar refractivity (Wildman–Crippen MR) is 135 cm³/mol. The molecule has 2 aromatic carbocycles. The van der Waals surface area contributed by atoms with Gasteiger partial charge in [-0.15, -0.1) is 0 Å². The number of phenols is 1. The second-order valence-electron chi connectivity index (χ2n) is 8.40. The topological polar surface area (TPSA) is 156 Å². The van der Waals surface area contributed by atoms with Crippen LogP contribution in [0.5, 0.6) is 17.2 Å². The lowest BCUT2D eigenvalue weighted by Gasteiger charge is -2.18. The van der Waals surface area contributed by atoms with E-state index in [1.807, 2.05) is 6.92 Å². The van der Waals surface area contributed by atoms with Gasteiger partial charge in [0.05, 0.1) is 18.5 Å². The van der Waals surface area contributed by atoms with Crippen molar-refractivity contribution in [2.24, 2.45) is 0 Å². The highest BCUT2D eigenvalue weighted by Crippen LogP contribution is 2.28. The molecule has 3 heterocycles. The number of phenolic OH excluding ortho intramolecular Hbond substituents is 1. The van der Waals surface area contributed by atoms with E-state index < -0.39 is 11.8 Å². The molecule has 0 radical (unpaired) electrons. The van der Waals surface area contributed by atoms with Crippen LogP contribution in [0, 0.1) is 0 Å². The molecule has 0 aliphatic carbocycles. The molecule has 38 heavy (non-hydrogen) atoms. The molecule has 0 unspecified atom stereocenters. The second-order valence-corrected chi connectivity index (χ2v) is 8.40. The van der Waals surface area contributed by atoms with Crippen molar-refractivity contribution in [3.63, 3.8) is 0 Å². The normalized spacial score (nSPS) is 12.3. The molecular weight excluding hydrogens is 492 g/mol. The van der Waals surface area contributed by atoms with Crippen molar-refractivity contribution in [1.29, 1.82) is 0 Å². The van der Waals surface area contributed by atoms with Crippen LogP contribution in [-0.4, -0.2) is 50.6 Å². The molecule has 2 aromatic heterocycles. The number of rotatable bonds is 8. The predicted octanol–water partition coefficient (Wildman–Crippen LogP) is 2.02. The van der Waals surface area contributed by atoms with Gasteiger partial charge in [-0.3, -0.25) is 14.4 Å². The molecule has 12 heteroatoms. The monoisotopic (exact) mass is 516 g/mol. The molecule has 4 aromatic rings. The van der Waals surface area contributed by atoms with Gasteiger partial charge in [0, 0.05) is 25.2 Å². The van der Waals surface area contributed by atoms with Gasteiger partial charge in [0.2, 0.25) is 0 Å². The Kier molecular flexibility index (Phi) is 6.76. The number of fused-ring (bicyclic) bond motifs is 2. The molecular formula is C26H24N6O6. The number of aromatic hydroxyl groups is 1. The van der Waals surface area contributed by atoms with Gasteiger partial charge in [0.15, 0.2) is 23.8 Å². The van der Waals surface area contributed by atoms with E-state index in [0.29, 0.717) is 35.0 Å². The molecule has 12 nitrogen and oxygen atoms in total. The van der Waals surface area contributed by atoms with Gasteiger partial charge >= 0.3 is 0 Å². The summed E-state index contributed by atoms with van der Waals surface area (Å²) in [4.78, 5) is 41.9. The average Bonchev–Trinajstić information content (AvgIpc) is 3.40. The van der Waals surface area contributed by atoms with Gasteiger partial charge in [0.25, 0.3) is 17.7 Å². The summed E-state index contributed by atoms with van der Waals surface area (Å²) in [7, 11) is 0. The molecule has 4 N–H and O–H groups in total. The number of hydrogen-bond donors (Lipinski definition) is 4. The molecule has 0 bridgehead atoms. The lowest BCUT2D eigenvalue weighted by molar-refractivity contribution is -0.118. The van der Waals surface area contributed by atoms with E-state index in [9.17, 15) is 19.5 Å². The number of anilines is 1. The summed E-state index contributed by atoms with van der Waals surface area (Å²) in [5, 5.41) is 22.5. The van der Waals surface area contributed by atoms with Crippen molar-refractivity contribution in [2.45, 2.75) is 20.0 Å². The Bertz CT molecular complexity index is 1550. The van der Waals surface area contributed by atoms with Crippen molar-refractivity contribution in [2.75, 3.05) is 18.5 Å². The first-order valence-corrected chi connectivity index (χ1v) is 11.8. The fourth-order valence-electron chi connectivity index (χ4n) is 3.93. The lowest BCUT2D eigenvalue weighted by Crippen LogP contribution is -2.28. The molecule has 0 fully saturated rings. The van der Waals surface area contributed by atoms with Crippen LogP contribution in [0.3, 0.4) is 0 Å². The van der Waals surface area contributed by atoms with E-state index in [-0.39, 0.29) is 42.7 Å². The van der Waals surface area contributed by atoms with Crippen molar-refractivity contribution in [3.8, 4) is 17.2 Å². The van der Waals surface area contributed by atoms with Gasteiger partial charge in [-0.05, 0) is 42.3 Å². The number of nitrogens with zero attached hydrogens (tertiary/aromatic N) is 3. The summed E-state index contributed by atoms with van der Waals surface area (Å²) in [6.45, 7) is 2.49.